The quantitative estimate of drug-likeness (QED) is 0.717. The van der Waals surface area contributed by atoms with Crippen molar-refractivity contribution in [1.82, 2.24) is 4.90 Å². The number of rotatable bonds is 5. The fourth-order valence-corrected chi connectivity index (χ4v) is 2.24. The number of hydrogen-bond acceptors (Lipinski definition) is 3. The van der Waals surface area contributed by atoms with Gasteiger partial charge >= 0.3 is 0 Å². The summed E-state index contributed by atoms with van der Waals surface area (Å²) in [7, 11) is 0. The normalized spacial score (nSPS) is 18.9. The van der Waals surface area contributed by atoms with Crippen LogP contribution < -0.4 is 0 Å². The third kappa shape index (κ3) is 4.01. The molecule has 0 saturated heterocycles. The molecule has 0 aromatic rings. The number of ketones is 1. The number of carbonyl (C=O) groups excluding carboxylic acids is 3. The fourth-order valence-electron chi connectivity index (χ4n) is 2.24. The maximum Gasteiger partial charge on any atom is 0.253 e. The first kappa shape index (κ1) is 15.6. The monoisotopic (exact) mass is 265 g/mol. The number of carbonyl (C=O) groups is 3. The van der Waals surface area contributed by atoms with E-state index in [1.54, 1.807) is 0 Å². The van der Waals surface area contributed by atoms with Gasteiger partial charge in [-0.3, -0.25) is 19.3 Å². The summed E-state index contributed by atoms with van der Waals surface area (Å²) in [5, 5.41) is 0. The van der Waals surface area contributed by atoms with Gasteiger partial charge in [0.25, 0.3) is 11.8 Å². The number of nitrogens with zero attached hydrogens (tertiary/aromatic N) is 1. The van der Waals surface area contributed by atoms with Crippen LogP contribution in [0.2, 0.25) is 0 Å². The molecule has 2 unspecified atom stereocenters. The Hall–Kier alpha value is -1.45. The zero-order valence-electron chi connectivity index (χ0n) is 12.4. The first-order valence-corrected chi connectivity index (χ1v) is 6.71. The second kappa shape index (κ2) is 5.68. The summed E-state index contributed by atoms with van der Waals surface area (Å²) in [5.74, 6) is -0.147. The Bertz CT molecular complexity index is 400. The standard InChI is InChI=1S/C15H23NO3/c1-10(9-12(17)15(3,4)5)8-11(2)16-13(18)6-7-14(16)19/h6-7,10-11H,8-9H2,1-5H3. The Kier molecular flexibility index (Phi) is 4.66. The van der Waals surface area contributed by atoms with Crippen LogP contribution in [0.5, 0.6) is 0 Å². The van der Waals surface area contributed by atoms with Crippen LogP contribution in [-0.2, 0) is 14.4 Å². The molecule has 4 nitrogen and oxygen atoms in total. The number of hydrogen-bond donors (Lipinski definition) is 0. The summed E-state index contributed by atoms with van der Waals surface area (Å²) in [6.45, 7) is 9.55. The molecule has 0 spiro atoms. The van der Waals surface area contributed by atoms with Crippen molar-refractivity contribution in [2.45, 2.75) is 53.5 Å². The lowest BCUT2D eigenvalue weighted by Gasteiger charge is -2.26. The highest BCUT2D eigenvalue weighted by molar-refractivity contribution is 6.13. The highest BCUT2D eigenvalue weighted by Gasteiger charge is 2.30. The van der Waals surface area contributed by atoms with Gasteiger partial charge in [-0.25, -0.2) is 0 Å². The third-order valence-electron chi connectivity index (χ3n) is 3.40. The van der Waals surface area contributed by atoms with Crippen molar-refractivity contribution in [1.29, 1.82) is 0 Å². The third-order valence-corrected chi connectivity index (χ3v) is 3.40. The van der Waals surface area contributed by atoms with Gasteiger partial charge in [0.15, 0.2) is 0 Å². The highest BCUT2D eigenvalue weighted by Crippen LogP contribution is 2.24. The van der Waals surface area contributed by atoms with E-state index in [1.807, 2.05) is 34.6 Å². The lowest BCUT2D eigenvalue weighted by Crippen LogP contribution is -2.39. The number of amides is 2. The van der Waals surface area contributed by atoms with Crippen molar-refractivity contribution in [2.75, 3.05) is 0 Å². The van der Waals surface area contributed by atoms with Crippen LogP contribution in [0.25, 0.3) is 0 Å². The van der Waals surface area contributed by atoms with Crippen LogP contribution in [0.15, 0.2) is 12.2 Å². The molecule has 0 saturated carbocycles. The average Bonchev–Trinajstić information content (AvgIpc) is 2.56. The lowest BCUT2D eigenvalue weighted by molar-refractivity contribution is -0.139. The molecule has 0 fully saturated rings. The lowest BCUT2D eigenvalue weighted by atomic mass is 9.84. The van der Waals surface area contributed by atoms with Gasteiger partial charge in [0, 0.05) is 30.0 Å². The molecule has 2 atom stereocenters. The largest absolute Gasteiger partial charge is 0.299 e. The van der Waals surface area contributed by atoms with E-state index in [0.717, 1.165) is 0 Å². The Labute approximate surface area is 114 Å². The molecule has 19 heavy (non-hydrogen) atoms. The van der Waals surface area contributed by atoms with Crippen LogP contribution in [0.4, 0.5) is 0 Å². The number of Topliss-reactive ketones (excluding diaryl/α,β-unsaturated/α-hetero) is 1. The topological polar surface area (TPSA) is 54.5 Å². The molecule has 0 bridgehead atoms. The van der Waals surface area contributed by atoms with E-state index in [0.29, 0.717) is 12.8 Å². The van der Waals surface area contributed by atoms with Crippen molar-refractivity contribution < 1.29 is 14.4 Å². The summed E-state index contributed by atoms with van der Waals surface area (Å²) in [4.78, 5) is 36.3. The Morgan fingerprint density at radius 1 is 1.16 bits per heavy atom. The van der Waals surface area contributed by atoms with Gasteiger partial charge in [-0.1, -0.05) is 27.7 Å². The van der Waals surface area contributed by atoms with E-state index < -0.39 is 0 Å². The van der Waals surface area contributed by atoms with Gasteiger partial charge in [0.1, 0.15) is 5.78 Å². The van der Waals surface area contributed by atoms with Gasteiger partial charge in [0.05, 0.1) is 0 Å². The maximum absolute atomic E-state index is 11.9. The smallest absolute Gasteiger partial charge is 0.253 e. The summed E-state index contributed by atoms with van der Waals surface area (Å²) in [6, 6.07) is -0.169. The Balaban J connectivity index is 2.53. The van der Waals surface area contributed by atoms with E-state index in [9.17, 15) is 14.4 Å². The van der Waals surface area contributed by atoms with Crippen molar-refractivity contribution in [3.8, 4) is 0 Å². The Morgan fingerprint density at radius 2 is 1.63 bits per heavy atom. The van der Waals surface area contributed by atoms with Crippen molar-refractivity contribution in [3.05, 3.63) is 12.2 Å². The molecular weight excluding hydrogens is 242 g/mol. The van der Waals surface area contributed by atoms with Gasteiger partial charge in [-0.15, -0.1) is 0 Å². The molecule has 0 aromatic heterocycles. The predicted octanol–water partition coefficient (Wildman–Crippen LogP) is 2.33. The summed E-state index contributed by atoms with van der Waals surface area (Å²) in [5.41, 5.74) is -0.335. The van der Waals surface area contributed by atoms with Crippen molar-refractivity contribution >= 4 is 17.6 Å². The first-order chi connectivity index (χ1) is 8.62. The van der Waals surface area contributed by atoms with E-state index in [2.05, 4.69) is 0 Å². The van der Waals surface area contributed by atoms with Crippen LogP contribution in [0, 0.1) is 11.3 Å². The molecule has 0 aliphatic carbocycles. The zero-order valence-corrected chi connectivity index (χ0v) is 12.4. The molecule has 1 rings (SSSR count). The van der Waals surface area contributed by atoms with Gasteiger partial charge in [-0.2, -0.15) is 0 Å². The minimum Gasteiger partial charge on any atom is -0.299 e. The van der Waals surface area contributed by atoms with Crippen molar-refractivity contribution in [3.63, 3.8) is 0 Å². The van der Waals surface area contributed by atoms with Gasteiger partial charge in [0.2, 0.25) is 0 Å². The predicted molar refractivity (Wildman–Crippen MR) is 73.3 cm³/mol. The van der Waals surface area contributed by atoms with E-state index in [4.69, 9.17) is 0 Å². The molecule has 0 aromatic carbocycles. The summed E-state index contributed by atoms with van der Waals surface area (Å²) in [6.07, 6.45) is 3.73. The summed E-state index contributed by atoms with van der Waals surface area (Å²) >= 11 is 0. The van der Waals surface area contributed by atoms with Crippen LogP contribution in [-0.4, -0.2) is 28.5 Å². The molecule has 4 heteroatoms. The van der Waals surface area contributed by atoms with Crippen molar-refractivity contribution in [2.24, 2.45) is 11.3 Å². The zero-order chi connectivity index (χ0) is 14.8. The SMILES string of the molecule is CC(CC(=O)C(C)(C)C)CC(C)N1C(=O)C=CC1=O. The Morgan fingerprint density at radius 3 is 2.05 bits per heavy atom. The molecule has 1 aliphatic heterocycles. The van der Waals surface area contributed by atoms with Crippen LogP contribution in [0.1, 0.15) is 47.5 Å². The minimum absolute atomic E-state index is 0.155. The average molecular weight is 265 g/mol. The van der Waals surface area contributed by atoms with Crippen LogP contribution >= 0.6 is 0 Å². The van der Waals surface area contributed by atoms with Gasteiger partial charge in [-0.05, 0) is 19.3 Å². The van der Waals surface area contributed by atoms with Gasteiger partial charge < -0.3 is 0 Å². The maximum atomic E-state index is 11.9. The van der Waals surface area contributed by atoms with E-state index in [1.165, 1.54) is 17.1 Å². The summed E-state index contributed by atoms with van der Waals surface area (Å²) < 4.78 is 0. The molecule has 2 amide bonds. The van der Waals surface area contributed by atoms with E-state index >= 15 is 0 Å². The second-order valence-corrected chi connectivity index (χ2v) is 6.45. The molecule has 1 aliphatic rings. The molecule has 1 heterocycles. The van der Waals surface area contributed by atoms with E-state index in [-0.39, 0.29) is 35.0 Å². The highest BCUT2D eigenvalue weighted by atomic mass is 16.2. The minimum atomic E-state index is -0.335. The molecule has 0 N–H and O–H groups in total. The molecule has 0 radical (unpaired) electrons. The fraction of sp³-hybridized carbons (Fsp3) is 0.667. The second-order valence-electron chi connectivity index (χ2n) is 6.45. The van der Waals surface area contributed by atoms with Crippen LogP contribution in [0.3, 0.4) is 0 Å². The first-order valence-electron chi connectivity index (χ1n) is 6.71. The molecular formula is C15H23NO3. The molecule has 106 valence electrons. The number of imide groups is 1.